The van der Waals surface area contributed by atoms with Crippen LogP contribution < -0.4 is 14.4 Å². The molecule has 0 atom stereocenters. The van der Waals surface area contributed by atoms with Crippen molar-refractivity contribution >= 4 is 38.9 Å². The van der Waals surface area contributed by atoms with Gasteiger partial charge < -0.3 is 10.1 Å². The van der Waals surface area contributed by atoms with Crippen molar-refractivity contribution in [3.63, 3.8) is 0 Å². The Balaban J connectivity index is 1.91. The number of hydrogen-bond acceptors (Lipinski definition) is 4. The predicted molar refractivity (Wildman–Crippen MR) is 105 cm³/mol. The first-order valence-electron chi connectivity index (χ1n) is 8.33. The van der Waals surface area contributed by atoms with E-state index < -0.39 is 28.0 Å². The van der Waals surface area contributed by atoms with Crippen LogP contribution in [0.1, 0.15) is 12.8 Å². The lowest BCUT2D eigenvalue weighted by atomic mass is 10.2. The van der Waals surface area contributed by atoms with E-state index in [0.29, 0.717) is 16.4 Å². The van der Waals surface area contributed by atoms with Gasteiger partial charge in [-0.3, -0.25) is 9.10 Å². The lowest BCUT2D eigenvalue weighted by Crippen LogP contribution is -2.31. The number of sulfonamides is 1. The number of carbonyl (C=O) groups is 1. The molecular formula is C18H18ClF3N2O4S. The highest BCUT2D eigenvalue weighted by atomic mass is 35.5. The van der Waals surface area contributed by atoms with Crippen LogP contribution in [0.15, 0.2) is 48.5 Å². The Hall–Kier alpha value is -2.46. The molecule has 6 nitrogen and oxygen atoms in total. The second kappa shape index (κ2) is 9.36. The molecule has 0 aliphatic heterocycles. The van der Waals surface area contributed by atoms with Crippen molar-refractivity contribution in [2.45, 2.75) is 19.2 Å². The summed E-state index contributed by atoms with van der Waals surface area (Å²) in [5.41, 5.74) is 0.681. The highest BCUT2D eigenvalue weighted by molar-refractivity contribution is 7.92. The number of rotatable bonds is 8. The Morgan fingerprint density at radius 2 is 1.83 bits per heavy atom. The molecule has 1 N–H and O–H groups in total. The van der Waals surface area contributed by atoms with E-state index in [-0.39, 0.29) is 19.4 Å². The smallest absolute Gasteiger partial charge is 0.406 e. The highest BCUT2D eigenvalue weighted by Gasteiger charge is 2.31. The molecule has 11 heteroatoms. The summed E-state index contributed by atoms with van der Waals surface area (Å²) < 4.78 is 65.4. The van der Waals surface area contributed by atoms with Crippen LogP contribution in [0.25, 0.3) is 0 Å². The monoisotopic (exact) mass is 450 g/mol. The summed E-state index contributed by atoms with van der Waals surface area (Å²) in [6, 6.07) is 11.0. The summed E-state index contributed by atoms with van der Waals surface area (Å²) in [6.45, 7) is 0.0605. The minimum absolute atomic E-state index is 0.00733. The molecule has 0 fully saturated rings. The van der Waals surface area contributed by atoms with Crippen LogP contribution in [0.4, 0.5) is 24.5 Å². The molecule has 2 aromatic carbocycles. The molecule has 0 saturated carbocycles. The number of carbonyl (C=O) groups excluding carboxylic acids is 1. The van der Waals surface area contributed by atoms with Crippen molar-refractivity contribution in [2.75, 3.05) is 22.4 Å². The number of nitrogens with one attached hydrogen (secondary N) is 1. The summed E-state index contributed by atoms with van der Waals surface area (Å²) in [5, 5.41) is 2.91. The molecule has 0 saturated heterocycles. The average molecular weight is 451 g/mol. The van der Waals surface area contributed by atoms with E-state index in [1.807, 2.05) is 0 Å². The molecule has 0 spiro atoms. The van der Waals surface area contributed by atoms with E-state index in [2.05, 4.69) is 10.1 Å². The molecule has 158 valence electrons. The molecule has 2 aromatic rings. The summed E-state index contributed by atoms with van der Waals surface area (Å²) in [4.78, 5) is 12.0. The van der Waals surface area contributed by atoms with Crippen LogP contribution in [0.5, 0.6) is 5.75 Å². The van der Waals surface area contributed by atoms with Gasteiger partial charge in [-0.25, -0.2) is 8.42 Å². The lowest BCUT2D eigenvalue weighted by molar-refractivity contribution is -0.274. The van der Waals surface area contributed by atoms with Crippen molar-refractivity contribution in [1.29, 1.82) is 0 Å². The summed E-state index contributed by atoms with van der Waals surface area (Å²) in [5.74, 6) is -0.810. The average Bonchev–Trinajstić information content (AvgIpc) is 2.58. The van der Waals surface area contributed by atoms with Gasteiger partial charge in [0.25, 0.3) is 0 Å². The van der Waals surface area contributed by atoms with E-state index in [0.717, 1.165) is 22.7 Å². The van der Waals surface area contributed by atoms with Gasteiger partial charge in [-0.15, -0.1) is 13.2 Å². The Bertz CT molecular complexity index is 950. The molecule has 0 heterocycles. The van der Waals surface area contributed by atoms with E-state index in [1.54, 1.807) is 18.2 Å². The first kappa shape index (κ1) is 22.8. The Morgan fingerprint density at radius 3 is 2.38 bits per heavy atom. The number of benzene rings is 2. The molecular weight excluding hydrogens is 433 g/mol. The van der Waals surface area contributed by atoms with E-state index in [9.17, 15) is 26.4 Å². The van der Waals surface area contributed by atoms with Gasteiger partial charge in [0.15, 0.2) is 0 Å². The quantitative estimate of drug-likeness (QED) is 0.645. The van der Waals surface area contributed by atoms with Gasteiger partial charge in [-0.05, 0) is 48.9 Å². The largest absolute Gasteiger partial charge is 0.573 e. The first-order valence-corrected chi connectivity index (χ1v) is 10.6. The number of halogens is 4. The van der Waals surface area contributed by atoms with Crippen molar-refractivity contribution < 1.29 is 31.1 Å². The molecule has 2 rings (SSSR count). The lowest BCUT2D eigenvalue weighted by Gasteiger charge is -2.22. The Kier molecular flexibility index (Phi) is 7.37. The number of hydrogen-bond donors (Lipinski definition) is 1. The maximum Gasteiger partial charge on any atom is 0.573 e. The van der Waals surface area contributed by atoms with Gasteiger partial charge in [-0.1, -0.05) is 17.7 Å². The van der Waals surface area contributed by atoms with Crippen LogP contribution in [0, 0.1) is 0 Å². The third kappa shape index (κ3) is 7.82. The Morgan fingerprint density at radius 1 is 1.17 bits per heavy atom. The zero-order chi connectivity index (χ0) is 21.7. The maximum absolute atomic E-state index is 12.1. The van der Waals surface area contributed by atoms with Crippen LogP contribution in [0.3, 0.4) is 0 Å². The van der Waals surface area contributed by atoms with Crippen molar-refractivity contribution in [2.24, 2.45) is 0 Å². The normalized spacial score (nSPS) is 11.8. The Labute approximate surface area is 171 Å². The molecule has 0 aromatic heterocycles. The fourth-order valence-electron chi connectivity index (χ4n) is 2.46. The van der Waals surface area contributed by atoms with E-state index in [1.165, 1.54) is 18.2 Å². The zero-order valence-electron chi connectivity index (χ0n) is 15.2. The minimum atomic E-state index is -4.79. The van der Waals surface area contributed by atoms with Crippen molar-refractivity contribution in [3.8, 4) is 5.75 Å². The topological polar surface area (TPSA) is 75.7 Å². The van der Waals surface area contributed by atoms with Gasteiger partial charge >= 0.3 is 6.36 Å². The molecule has 0 unspecified atom stereocenters. The summed E-state index contributed by atoms with van der Waals surface area (Å²) in [7, 11) is -3.57. The van der Waals surface area contributed by atoms with Gasteiger partial charge in [0.1, 0.15) is 5.75 Å². The van der Waals surface area contributed by atoms with E-state index >= 15 is 0 Å². The summed E-state index contributed by atoms with van der Waals surface area (Å²) >= 11 is 5.90. The molecule has 1 amide bonds. The SMILES string of the molecule is CS(=O)(=O)N(CCCC(=O)Nc1ccc(OC(F)(F)F)cc1)c1cccc(Cl)c1. The number of alkyl halides is 3. The minimum Gasteiger partial charge on any atom is -0.406 e. The molecule has 29 heavy (non-hydrogen) atoms. The number of amides is 1. The fraction of sp³-hybridized carbons (Fsp3) is 0.278. The fourth-order valence-corrected chi connectivity index (χ4v) is 3.61. The third-order valence-electron chi connectivity index (χ3n) is 3.63. The van der Waals surface area contributed by atoms with Crippen LogP contribution in [0.2, 0.25) is 5.02 Å². The van der Waals surface area contributed by atoms with Gasteiger partial charge in [0.05, 0.1) is 11.9 Å². The van der Waals surface area contributed by atoms with Crippen LogP contribution in [-0.4, -0.2) is 33.5 Å². The molecule has 0 radical (unpaired) electrons. The van der Waals surface area contributed by atoms with Gasteiger partial charge in [0.2, 0.25) is 15.9 Å². The van der Waals surface area contributed by atoms with Crippen LogP contribution in [-0.2, 0) is 14.8 Å². The van der Waals surface area contributed by atoms with Crippen molar-refractivity contribution in [1.82, 2.24) is 0 Å². The number of ether oxygens (including phenoxy) is 1. The first-order chi connectivity index (χ1) is 13.4. The highest BCUT2D eigenvalue weighted by Crippen LogP contribution is 2.24. The predicted octanol–water partition coefficient (Wildman–Crippen LogP) is 4.42. The van der Waals surface area contributed by atoms with Gasteiger partial charge in [-0.2, -0.15) is 0 Å². The second-order valence-electron chi connectivity index (χ2n) is 6.04. The number of anilines is 2. The van der Waals surface area contributed by atoms with Crippen LogP contribution >= 0.6 is 11.6 Å². The molecule has 0 aliphatic carbocycles. The maximum atomic E-state index is 12.1. The molecule has 0 aliphatic rings. The zero-order valence-corrected chi connectivity index (χ0v) is 16.8. The number of nitrogens with zero attached hydrogens (tertiary/aromatic N) is 1. The molecule has 0 bridgehead atoms. The van der Waals surface area contributed by atoms with Crippen molar-refractivity contribution in [3.05, 3.63) is 53.6 Å². The van der Waals surface area contributed by atoms with Gasteiger partial charge in [0, 0.05) is 23.7 Å². The second-order valence-corrected chi connectivity index (χ2v) is 8.38. The standard InChI is InChI=1S/C18H18ClF3N2O4S/c1-29(26,27)24(15-5-2-4-13(19)12-15)11-3-6-17(25)23-14-7-9-16(10-8-14)28-18(20,21)22/h2,4-5,7-10,12H,3,6,11H2,1H3,(H,23,25). The third-order valence-corrected chi connectivity index (χ3v) is 5.06. The van der Waals surface area contributed by atoms with E-state index in [4.69, 9.17) is 11.6 Å². The summed E-state index contributed by atoms with van der Waals surface area (Å²) in [6.07, 6.45) is -3.51.